The molecule has 6 nitrogen and oxygen atoms in total. The van der Waals surface area contributed by atoms with E-state index in [9.17, 15) is 13.2 Å². The largest absolute Gasteiger partial charge is 0.491 e. The highest BCUT2D eigenvalue weighted by Gasteiger charge is 2.12. The summed E-state index contributed by atoms with van der Waals surface area (Å²) >= 11 is 5.99. The van der Waals surface area contributed by atoms with E-state index >= 15 is 0 Å². The van der Waals surface area contributed by atoms with Crippen LogP contribution in [0.15, 0.2) is 42.5 Å². The highest BCUT2D eigenvalue weighted by atomic mass is 35.5. The molecule has 0 aromatic heterocycles. The monoisotopic (exact) mass is 382 g/mol. The SMILES string of the molecule is CCCOc1ccc(Cl)cc1NC(=O)c1cccc(NS(C)(=O)=O)c1. The lowest BCUT2D eigenvalue weighted by atomic mass is 10.2. The Morgan fingerprint density at radius 3 is 2.64 bits per heavy atom. The molecule has 0 saturated heterocycles. The molecule has 134 valence electrons. The van der Waals surface area contributed by atoms with Gasteiger partial charge < -0.3 is 10.1 Å². The molecule has 0 aliphatic rings. The van der Waals surface area contributed by atoms with E-state index in [1.807, 2.05) is 6.92 Å². The highest BCUT2D eigenvalue weighted by Crippen LogP contribution is 2.29. The Balaban J connectivity index is 2.22. The Labute approximate surface area is 152 Å². The van der Waals surface area contributed by atoms with Gasteiger partial charge >= 0.3 is 0 Å². The van der Waals surface area contributed by atoms with Gasteiger partial charge in [0.15, 0.2) is 0 Å². The number of anilines is 2. The minimum absolute atomic E-state index is 0.301. The maximum Gasteiger partial charge on any atom is 0.255 e. The van der Waals surface area contributed by atoms with Crippen LogP contribution in [0.1, 0.15) is 23.7 Å². The first kappa shape index (κ1) is 19.1. The summed E-state index contributed by atoms with van der Waals surface area (Å²) in [5.74, 6) is 0.116. The fourth-order valence-corrected chi connectivity index (χ4v) is 2.80. The van der Waals surface area contributed by atoms with Crippen molar-refractivity contribution in [2.24, 2.45) is 0 Å². The first-order chi connectivity index (χ1) is 11.8. The van der Waals surface area contributed by atoms with Crippen molar-refractivity contribution in [2.75, 3.05) is 22.9 Å². The lowest BCUT2D eigenvalue weighted by Crippen LogP contribution is -2.14. The van der Waals surface area contributed by atoms with Crippen LogP contribution in [0.4, 0.5) is 11.4 Å². The first-order valence-corrected chi connectivity index (χ1v) is 9.87. The van der Waals surface area contributed by atoms with E-state index < -0.39 is 15.9 Å². The average Bonchev–Trinajstić information content (AvgIpc) is 2.53. The zero-order chi connectivity index (χ0) is 18.4. The third kappa shape index (κ3) is 5.95. The van der Waals surface area contributed by atoms with E-state index in [0.717, 1.165) is 12.7 Å². The third-order valence-corrected chi connectivity index (χ3v) is 3.92. The molecule has 2 aromatic rings. The van der Waals surface area contributed by atoms with Gasteiger partial charge in [0.05, 0.1) is 18.6 Å². The summed E-state index contributed by atoms with van der Waals surface area (Å²) in [6, 6.07) is 11.2. The number of carbonyl (C=O) groups is 1. The molecule has 2 rings (SSSR count). The van der Waals surface area contributed by atoms with E-state index in [4.69, 9.17) is 16.3 Å². The minimum atomic E-state index is -3.42. The maximum absolute atomic E-state index is 12.5. The van der Waals surface area contributed by atoms with Gasteiger partial charge in [0.2, 0.25) is 10.0 Å². The van der Waals surface area contributed by atoms with Gasteiger partial charge in [-0.3, -0.25) is 9.52 Å². The molecule has 0 heterocycles. The summed E-state index contributed by atoms with van der Waals surface area (Å²) in [6.45, 7) is 2.49. The lowest BCUT2D eigenvalue weighted by Gasteiger charge is -2.13. The fourth-order valence-electron chi connectivity index (χ4n) is 2.07. The molecule has 0 saturated carbocycles. The van der Waals surface area contributed by atoms with Gasteiger partial charge in [0.1, 0.15) is 5.75 Å². The van der Waals surface area contributed by atoms with E-state index in [0.29, 0.717) is 34.3 Å². The topological polar surface area (TPSA) is 84.5 Å². The van der Waals surface area contributed by atoms with Gasteiger partial charge in [-0.1, -0.05) is 24.6 Å². The smallest absolute Gasteiger partial charge is 0.255 e. The normalized spacial score (nSPS) is 11.0. The van der Waals surface area contributed by atoms with Crippen LogP contribution in [-0.2, 0) is 10.0 Å². The predicted molar refractivity (Wildman–Crippen MR) is 100 cm³/mol. The molecule has 0 unspecified atom stereocenters. The molecule has 0 fully saturated rings. The average molecular weight is 383 g/mol. The molecule has 25 heavy (non-hydrogen) atoms. The van der Waals surface area contributed by atoms with E-state index in [1.54, 1.807) is 36.4 Å². The second kappa shape index (κ2) is 8.22. The van der Waals surface area contributed by atoms with Gasteiger partial charge in [0.25, 0.3) is 5.91 Å². The molecule has 0 atom stereocenters. The van der Waals surface area contributed by atoms with Crippen molar-refractivity contribution in [2.45, 2.75) is 13.3 Å². The van der Waals surface area contributed by atoms with Crippen molar-refractivity contribution in [1.29, 1.82) is 0 Å². The molecular formula is C17H19ClN2O4S. The Bertz CT molecular complexity index is 869. The number of halogens is 1. The van der Waals surface area contributed by atoms with Gasteiger partial charge in [-0.25, -0.2) is 8.42 Å². The van der Waals surface area contributed by atoms with Gasteiger partial charge in [-0.2, -0.15) is 0 Å². The Morgan fingerprint density at radius 2 is 1.96 bits per heavy atom. The van der Waals surface area contributed by atoms with E-state index in [1.165, 1.54) is 6.07 Å². The fraction of sp³-hybridized carbons (Fsp3) is 0.235. The molecular weight excluding hydrogens is 364 g/mol. The van der Waals surface area contributed by atoms with Crippen LogP contribution in [-0.4, -0.2) is 27.2 Å². The third-order valence-electron chi connectivity index (χ3n) is 3.08. The number of nitrogens with one attached hydrogen (secondary N) is 2. The summed E-state index contributed by atoms with van der Waals surface area (Å²) < 4.78 is 30.6. The highest BCUT2D eigenvalue weighted by molar-refractivity contribution is 7.92. The summed E-state index contributed by atoms with van der Waals surface area (Å²) in [6.07, 6.45) is 1.87. The molecule has 2 N–H and O–H groups in total. The second-order valence-electron chi connectivity index (χ2n) is 5.40. The van der Waals surface area contributed by atoms with Gasteiger partial charge in [-0.05, 0) is 42.8 Å². The molecule has 0 bridgehead atoms. The quantitative estimate of drug-likeness (QED) is 0.763. The van der Waals surface area contributed by atoms with Gasteiger partial charge in [0, 0.05) is 16.3 Å². The molecule has 0 radical (unpaired) electrons. The van der Waals surface area contributed by atoms with Crippen molar-refractivity contribution < 1.29 is 17.9 Å². The van der Waals surface area contributed by atoms with Crippen molar-refractivity contribution in [3.05, 3.63) is 53.1 Å². The van der Waals surface area contributed by atoms with Crippen LogP contribution in [0.3, 0.4) is 0 Å². The molecule has 8 heteroatoms. The maximum atomic E-state index is 12.5. The summed E-state index contributed by atoms with van der Waals surface area (Å²) in [5.41, 5.74) is 1.06. The zero-order valence-electron chi connectivity index (χ0n) is 13.9. The van der Waals surface area contributed by atoms with Crippen LogP contribution in [0.5, 0.6) is 5.75 Å². The lowest BCUT2D eigenvalue weighted by molar-refractivity contribution is 0.102. The van der Waals surface area contributed by atoms with Crippen LogP contribution in [0, 0.1) is 0 Å². The summed E-state index contributed by atoms with van der Waals surface area (Å²) in [7, 11) is -3.42. The van der Waals surface area contributed by atoms with E-state index in [-0.39, 0.29) is 0 Å². The predicted octanol–water partition coefficient (Wildman–Crippen LogP) is 3.75. The van der Waals surface area contributed by atoms with Crippen LogP contribution in [0.25, 0.3) is 0 Å². The van der Waals surface area contributed by atoms with E-state index in [2.05, 4.69) is 10.0 Å². The Kier molecular flexibility index (Phi) is 6.27. The van der Waals surface area contributed by atoms with Crippen molar-refractivity contribution in [3.8, 4) is 5.75 Å². The number of carbonyl (C=O) groups excluding carboxylic acids is 1. The Hall–Kier alpha value is -2.25. The van der Waals surface area contributed by atoms with Crippen LogP contribution < -0.4 is 14.8 Å². The number of rotatable bonds is 7. The first-order valence-electron chi connectivity index (χ1n) is 7.60. The molecule has 0 spiro atoms. The number of ether oxygens (including phenoxy) is 1. The number of hydrogen-bond donors (Lipinski definition) is 2. The second-order valence-corrected chi connectivity index (χ2v) is 7.58. The molecule has 0 aliphatic heterocycles. The number of hydrogen-bond acceptors (Lipinski definition) is 4. The van der Waals surface area contributed by atoms with Crippen LogP contribution >= 0.6 is 11.6 Å². The van der Waals surface area contributed by atoms with Crippen LogP contribution in [0.2, 0.25) is 5.02 Å². The Morgan fingerprint density at radius 1 is 1.20 bits per heavy atom. The van der Waals surface area contributed by atoms with Crippen molar-refractivity contribution in [1.82, 2.24) is 0 Å². The molecule has 0 aliphatic carbocycles. The summed E-state index contributed by atoms with van der Waals surface area (Å²) in [5, 5.41) is 3.21. The number of amides is 1. The number of benzene rings is 2. The van der Waals surface area contributed by atoms with Crippen molar-refractivity contribution >= 4 is 38.9 Å². The standard InChI is InChI=1S/C17H19ClN2O4S/c1-3-9-24-16-8-7-13(18)11-15(16)19-17(21)12-5-4-6-14(10-12)20-25(2,22)23/h4-8,10-11,20H,3,9H2,1-2H3,(H,19,21). The molecule has 1 amide bonds. The molecule has 2 aromatic carbocycles. The zero-order valence-corrected chi connectivity index (χ0v) is 15.4. The number of sulfonamides is 1. The van der Waals surface area contributed by atoms with Crippen molar-refractivity contribution in [3.63, 3.8) is 0 Å². The minimum Gasteiger partial charge on any atom is -0.491 e. The summed E-state index contributed by atoms with van der Waals surface area (Å²) in [4.78, 5) is 12.5. The van der Waals surface area contributed by atoms with Gasteiger partial charge in [-0.15, -0.1) is 0 Å².